The number of benzene rings is 1. The molecule has 0 aliphatic heterocycles. The van der Waals surface area contributed by atoms with Crippen molar-refractivity contribution in [1.29, 1.82) is 0 Å². The summed E-state index contributed by atoms with van der Waals surface area (Å²) in [5.74, 6) is -0.380. The van der Waals surface area contributed by atoms with E-state index in [4.69, 9.17) is 16.3 Å². The van der Waals surface area contributed by atoms with Crippen molar-refractivity contribution in [1.82, 2.24) is 10.6 Å². The van der Waals surface area contributed by atoms with Crippen molar-refractivity contribution in [2.75, 3.05) is 26.8 Å². The Labute approximate surface area is 113 Å². The Kier molecular flexibility index (Phi) is 7.20. The van der Waals surface area contributed by atoms with Crippen molar-refractivity contribution in [2.24, 2.45) is 0 Å². The van der Waals surface area contributed by atoms with Crippen molar-refractivity contribution in [3.05, 3.63) is 34.6 Å². The molecule has 0 fully saturated rings. The van der Waals surface area contributed by atoms with Crippen LogP contribution in [0, 0.1) is 5.82 Å². The van der Waals surface area contributed by atoms with Crippen LogP contribution in [0.5, 0.6) is 0 Å². The van der Waals surface area contributed by atoms with Gasteiger partial charge in [-0.1, -0.05) is 17.7 Å². The quantitative estimate of drug-likeness (QED) is 0.713. The fourth-order valence-electron chi connectivity index (χ4n) is 1.51. The van der Waals surface area contributed by atoms with E-state index in [9.17, 15) is 4.39 Å². The molecule has 5 heteroatoms. The van der Waals surface area contributed by atoms with Crippen LogP contribution in [-0.2, 0) is 11.3 Å². The molecule has 102 valence electrons. The van der Waals surface area contributed by atoms with Crippen molar-refractivity contribution >= 4 is 11.6 Å². The molecule has 1 aromatic rings. The zero-order chi connectivity index (χ0) is 13.4. The number of ether oxygens (including phenoxy) is 1. The fourth-order valence-corrected chi connectivity index (χ4v) is 1.71. The van der Waals surface area contributed by atoms with E-state index in [1.165, 1.54) is 6.07 Å². The molecule has 0 aliphatic rings. The van der Waals surface area contributed by atoms with Gasteiger partial charge < -0.3 is 15.4 Å². The summed E-state index contributed by atoms with van der Waals surface area (Å²) >= 11 is 5.72. The molecular formula is C13H20ClFN2O. The maximum Gasteiger partial charge on any atom is 0.141 e. The van der Waals surface area contributed by atoms with E-state index in [0.717, 1.165) is 18.7 Å². The average Bonchev–Trinajstić information content (AvgIpc) is 2.36. The van der Waals surface area contributed by atoms with Crippen LogP contribution >= 0.6 is 11.6 Å². The third-order valence-electron chi connectivity index (χ3n) is 2.57. The number of methoxy groups -OCH3 is 1. The van der Waals surface area contributed by atoms with Gasteiger partial charge in [0, 0.05) is 32.8 Å². The summed E-state index contributed by atoms with van der Waals surface area (Å²) in [5.41, 5.74) is 0.977. The largest absolute Gasteiger partial charge is 0.383 e. The number of nitrogens with one attached hydrogen (secondary N) is 2. The molecule has 1 aromatic carbocycles. The van der Waals surface area contributed by atoms with Crippen molar-refractivity contribution in [3.8, 4) is 0 Å². The van der Waals surface area contributed by atoms with Crippen LogP contribution < -0.4 is 10.6 Å². The first-order valence-electron chi connectivity index (χ1n) is 6.00. The predicted octanol–water partition coefficient (Wildman–Crippen LogP) is 2.19. The second kappa shape index (κ2) is 8.43. The van der Waals surface area contributed by atoms with Gasteiger partial charge in [-0.05, 0) is 24.6 Å². The Hall–Kier alpha value is -0.680. The molecule has 0 aliphatic carbocycles. The second-order valence-electron chi connectivity index (χ2n) is 4.23. The summed E-state index contributed by atoms with van der Waals surface area (Å²) in [6, 6.07) is 5.10. The van der Waals surface area contributed by atoms with Gasteiger partial charge >= 0.3 is 0 Å². The van der Waals surface area contributed by atoms with Gasteiger partial charge in [0.25, 0.3) is 0 Å². The first-order chi connectivity index (χ1) is 8.63. The predicted molar refractivity (Wildman–Crippen MR) is 72.5 cm³/mol. The minimum absolute atomic E-state index is 0.167. The second-order valence-corrected chi connectivity index (χ2v) is 4.63. The molecular weight excluding hydrogens is 255 g/mol. The van der Waals surface area contributed by atoms with E-state index in [1.54, 1.807) is 19.2 Å². The van der Waals surface area contributed by atoms with Crippen LogP contribution in [-0.4, -0.2) is 32.8 Å². The number of hydrogen-bond acceptors (Lipinski definition) is 3. The Balaban J connectivity index is 2.24. The Morgan fingerprint density at radius 1 is 1.44 bits per heavy atom. The molecule has 0 amide bonds. The van der Waals surface area contributed by atoms with Crippen LogP contribution in [0.2, 0.25) is 5.02 Å². The van der Waals surface area contributed by atoms with E-state index in [0.29, 0.717) is 19.2 Å². The monoisotopic (exact) mass is 274 g/mol. The minimum Gasteiger partial charge on any atom is -0.383 e. The lowest BCUT2D eigenvalue weighted by Gasteiger charge is -2.14. The zero-order valence-electron chi connectivity index (χ0n) is 10.8. The molecule has 0 saturated carbocycles. The molecule has 0 bridgehead atoms. The van der Waals surface area contributed by atoms with Gasteiger partial charge in [0.2, 0.25) is 0 Å². The standard InChI is InChI=1S/C13H20ClFN2O/c1-10(8-16-5-6-18-2)17-9-11-3-4-13(15)12(14)7-11/h3-4,7,10,16-17H,5-6,8-9H2,1-2H3. The number of rotatable bonds is 8. The summed E-state index contributed by atoms with van der Waals surface area (Å²) in [4.78, 5) is 0. The Morgan fingerprint density at radius 2 is 2.22 bits per heavy atom. The highest BCUT2D eigenvalue weighted by atomic mass is 35.5. The van der Waals surface area contributed by atoms with Gasteiger partial charge in [0.05, 0.1) is 11.6 Å². The molecule has 3 nitrogen and oxygen atoms in total. The minimum atomic E-state index is -0.380. The summed E-state index contributed by atoms with van der Waals surface area (Å²) in [6.07, 6.45) is 0. The van der Waals surface area contributed by atoms with E-state index < -0.39 is 0 Å². The summed E-state index contributed by atoms with van der Waals surface area (Å²) in [5, 5.41) is 6.77. The zero-order valence-corrected chi connectivity index (χ0v) is 11.6. The van der Waals surface area contributed by atoms with Gasteiger partial charge in [-0.25, -0.2) is 4.39 Å². The summed E-state index contributed by atoms with van der Waals surface area (Å²) < 4.78 is 17.9. The molecule has 0 spiro atoms. The van der Waals surface area contributed by atoms with Crippen LogP contribution in [0.25, 0.3) is 0 Å². The van der Waals surface area contributed by atoms with Gasteiger partial charge in [0.15, 0.2) is 0 Å². The van der Waals surface area contributed by atoms with E-state index in [1.807, 2.05) is 0 Å². The van der Waals surface area contributed by atoms with Gasteiger partial charge in [-0.3, -0.25) is 0 Å². The first-order valence-corrected chi connectivity index (χ1v) is 6.38. The van der Waals surface area contributed by atoms with E-state index in [2.05, 4.69) is 17.6 Å². The van der Waals surface area contributed by atoms with Crippen molar-refractivity contribution in [3.63, 3.8) is 0 Å². The highest BCUT2D eigenvalue weighted by molar-refractivity contribution is 6.30. The first kappa shape index (κ1) is 15.4. The normalized spacial score (nSPS) is 12.7. The third-order valence-corrected chi connectivity index (χ3v) is 2.86. The van der Waals surface area contributed by atoms with Gasteiger partial charge in [-0.15, -0.1) is 0 Å². The molecule has 0 saturated heterocycles. The van der Waals surface area contributed by atoms with Gasteiger partial charge in [-0.2, -0.15) is 0 Å². The molecule has 2 N–H and O–H groups in total. The molecule has 1 atom stereocenters. The van der Waals surface area contributed by atoms with Crippen LogP contribution in [0.3, 0.4) is 0 Å². The van der Waals surface area contributed by atoms with Gasteiger partial charge in [0.1, 0.15) is 5.82 Å². The maximum atomic E-state index is 13.0. The molecule has 0 heterocycles. The number of hydrogen-bond donors (Lipinski definition) is 2. The fraction of sp³-hybridized carbons (Fsp3) is 0.538. The molecule has 0 aromatic heterocycles. The lowest BCUT2D eigenvalue weighted by molar-refractivity contribution is 0.198. The summed E-state index contributed by atoms with van der Waals surface area (Å²) in [7, 11) is 1.68. The smallest absolute Gasteiger partial charge is 0.141 e. The highest BCUT2D eigenvalue weighted by Crippen LogP contribution is 2.15. The Morgan fingerprint density at radius 3 is 2.89 bits per heavy atom. The third kappa shape index (κ3) is 5.78. The van der Waals surface area contributed by atoms with Crippen LogP contribution in [0.4, 0.5) is 4.39 Å². The Bertz CT molecular complexity index is 363. The summed E-state index contributed by atoms with van der Waals surface area (Å²) in [6.45, 7) is 5.17. The maximum absolute atomic E-state index is 13.0. The molecule has 0 radical (unpaired) electrons. The topological polar surface area (TPSA) is 33.3 Å². The average molecular weight is 275 g/mol. The van der Waals surface area contributed by atoms with E-state index in [-0.39, 0.29) is 10.8 Å². The molecule has 1 unspecified atom stereocenters. The molecule has 1 rings (SSSR count). The number of halogens is 2. The SMILES string of the molecule is COCCNCC(C)NCc1ccc(F)c(Cl)c1. The van der Waals surface area contributed by atoms with Crippen molar-refractivity contribution < 1.29 is 9.13 Å². The lowest BCUT2D eigenvalue weighted by Crippen LogP contribution is -2.37. The van der Waals surface area contributed by atoms with Crippen LogP contribution in [0.15, 0.2) is 18.2 Å². The van der Waals surface area contributed by atoms with Crippen molar-refractivity contribution in [2.45, 2.75) is 19.5 Å². The molecule has 18 heavy (non-hydrogen) atoms. The van der Waals surface area contributed by atoms with E-state index >= 15 is 0 Å². The lowest BCUT2D eigenvalue weighted by atomic mass is 10.2. The highest BCUT2D eigenvalue weighted by Gasteiger charge is 2.03. The van der Waals surface area contributed by atoms with Crippen LogP contribution in [0.1, 0.15) is 12.5 Å².